The fourth-order valence-electron chi connectivity index (χ4n) is 1.90. The Hall–Kier alpha value is -1.43. The van der Waals surface area contributed by atoms with Crippen molar-refractivity contribution in [2.75, 3.05) is 13.1 Å². The van der Waals surface area contributed by atoms with E-state index in [9.17, 15) is 9.59 Å². The smallest absolute Gasteiger partial charge is 0.271 e. The van der Waals surface area contributed by atoms with Crippen LogP contribution in [0.4, 0.5) is 0 Å². The first-order valence-electron chi connectivity index (χ1n) is 5.63. The maximum Gasteiger partial charge on any atom is 0.271 e. The van der Waals surface area contributed by atoms with Crippen LogP contribution in [0.3, 0.4) is 0 Å². The van der Waals surface area contributed by atoms with Crippen molar-refractivity contribution in [2.45, 2.75) is 25.8 Å². The van der Waals surface area contributed by atoms with Gasteiger partial charge in [-0.2, -0.15) is 0 Å². The predicted octanol–water partition coefficient (Wildman–Crippen LogP) is 0.884. The number of rotatable bonds is 4. The molecule has 2 amide bonds. The number of carbonyl (C=O) groups excluding carboxylic acids is 2. The second-order valence-electron chi connectivity index (χ2n) is 4.19. The summed E-state index contributed by atoms with van der Waals surface area (Å²) in [5.74, 6) is 0.00477. The predicted molar refractivity (Wildman–Crippen MR) is 64.9 cm³/mol. The third-order valence-electron chi connectivity index (χ3n) is 2.71. The molecular weight excluding hydrogens is 238 g/mol. The van der Waals surface area contributed by atoms with Crippen LogP contribution in [0.25, 0.3) is 0 Å². The largest absolute Gasteiger partial charge is 0.346 e. The van der Waals surface area contributed by atoms with Crippen LogP contribution >= 0.6 is 11.3 Å². The van der Waals surface area contributed by atoms with Gasteiger partial charge in [0.25, 0.3) is 5.91 Å². The summed E-state index contributed by atoms with van der Waals surface area (Å²) in [5, 5.41) is 4.55. The molecule has 0 aromatic carbocycles. The number of likely N-dealkylation sites (tertiary alicyclic amines) is 1. The number of carbonyl (C=O) groups is 2. The van der Waals surface area contributed by atoms with E-state index in [1.165, 1.54) is 11.3 Å². The highest BCUT2D eigenvalue weighted by molar-refractivity contribution is 7.07. The average molecular weight is 253 g/mol. The first kappa shape index (κ1) is 12.0. The number of nitrogens with one attached hydrogen (secondary N) is 1. The first-order valence-corrected chi connectivity index (χ1v) is 6.58. The lowest BCUT2D eigenvalue weighted by Crippen LogP contribution is -2.42. The lowest BCUT2D eigenvalue weighted by Gasteiger charge is -2.21. The molecule has 1 aromatic heterocycles. The Labute approximate surface area is 104 Å². The quantitative estimate of drug-likeness (QED) is 0.866. The summed E-state index contributed by atoms with van der Waals surface area (Å²) >= 11 is 1.39. The molecule has 2 rings (SSSR count). The Kier molecular flexibility index (Phi) is 3.73. The Morgan fingerprint density at radius 3 is 3.12 bits per heavy atom. The van der Waals surface area contributed by atoms with Crippen LogP contribution in [0, 0.1) is 0 Å². The molecule has 92 valence electrons. The van der Waals surface area contributed by atoms with Gasteiger partial charge in [0.2, 0.25) is 5.91 Å². The van der Waals surface area contributed by atoms with Crippen molar-refractivity contribution in [3.63, 3.8) is 0 Å². The van der Waals surface area contributed by atoms with Gasteiger partial charge in [-0.25, -0.2) is 4.98 Å². The lowest BCUT2D eigenvalue weighted by atomic mass is 10.3. The molecule has 1 fully saturated rings. The van der Waals surface area contributed by atoms with Crippen molar-refractivity contribution >= 4 is 23.2 Å². The number of nitrogens with zero attached hydrogens (tertiary/aromatic N) is 2. The van der Waals surface area contributed by atoms with Gasteiger partial charge in [-0.15, -0.1) is 11.3 Å². The van der Waals surface area contributed by atoms with Gasteiger partial charge in [0.05, 0.1) is 5.51 Å². The van der Waals surface area contributed by atoms with Gasteiger partial charge >= 0.3 is 0 Å². The molecule has 1 aromatic rings. The number of hydrogen-bond acceptors (Lipinski definition) is 4. The molecule has 1 atom stereocenters. The fourth-order valence-corrected chi connectivity index (χ4v) is 2.43. The highest BCUT2D eigenvalue weighted by atomic mass is 32.1. The molecule has 0 bridgehead atoms. The minimum absolute atomic E-state index is 0.0498. The molecule has 1 saturated heterocycles. The molecule has 6 heteroatoms. The fraction of sp³-hybridized carbons (Fsp3) is 0.545. The van der Waals surface area contributed by atoms with E-state index < -0.39 is 0 Å². The standard InChI is InChI=1S/C11H15N3O2S/c1-8(5-14-4-2-3-10(14)15)13-11(16)9-6-17-7-12-9/h6-8H,2-5H2,1H3,(H,13,16). The van der Waals surface area contributed by atoms with Crippen LogP contribution in [0.5, 0.6) is 0 Å². The van der Waals surface area contributed by atoms with Crippen LogP contribution in [0.2, 0.25) is 0 Å². The van der Waals surface area contributed by atoms with Gasteiger partial charge in [-0.05, 0) is 13.3 Å². The number of aromatic nitrogens is 1. The third-order valence-corrected chi connectivity index (χ3v) is 3.29. The van der Waals surface area contributed by atoms with Crippen molar-refractivity contribution in [2.24, 2.45) is 0 Å². The Balaban J connectivity index is 1.83. The SMILES string of the molecule is CC(CN1CCCC1=O)NC(=O)c1cscn1. The van der Waals surface area contributed by atoms with Gasteiger partial charge in [0, 0.05) is 30.9 Å². The van der Waals surface area contributed by atoms with Gasteiger partial charge in [-0.1, -0.05) is 0 Å². The average Bonchev–Trinajstić information content (AvgIpc) is 2.90. The molecule has 1 aliphatic heterocycles. The monoisotopic (exact) mass is 253 g/mol. The van der Waals surface area contributed by atoms with Gasteiger partial charge in [0.1, 0.15) is 5.69 Å². The van der Waals surface area contributed by atoms with E-state index in [2.05, 4.69) is 10.3 Å². The van der Waals surface area contributed by atoms with Gasteiger partial charge in [-0.3, -0.25) is 9.59 Å². The van der Waals surface area contributed by atoms with E-state index >= 15 is 0 Å². The number of thiazole rings is 1. The maximum absolute atomic E-state index is 11.7. The summed E-state index contributed by atoms with van der Waals surface area (Å²) in [6.07, 6.45) is 1.55. The molecule has 0 saturated carbocycles. The minimum Gasteiger partial charge on any atom is -0.346 e. The molecule has 1 N–H and O–H groups in total. The second kappa shape index (κ2) is 5.27. The van der Waals surface area contributed by atoms with E-state index in [0.717, 1.165) is 13.0 Å². The molecular formula is C11H15N3O2S. The molecule has 0 radical (unpaired) electrons. The first-order chi connectivity index (χ1) is 8.16. The van der Waals surface area contributed by atoms with Crippen LogP contribution in [-0.4, -0.2) is 40.8 Å². The third kappa shape index (κ3) is 3.03. The summed E-state index contributed by atoms with van der Waals surface area (Å²) in [7, 11) is 0. The van der Waals surface area contributed by atoms with Crippen LogP contribution in [0.1, 0.15) is 30.3 Å². The zero-order valence-electron chi connectivity index (χ0n) is 9.68. The Morgan fingerprint density at radius 2 is 2.53 bits per heavy atom. The second-order valence-corrected chi connectivity index (χ2v) is 4.91. The van der Waals surface area contributed by atoms with Crippen molar-refractivity contribution in [1.29, 1.82) is 0 Å². The van der Waals surface area contributed by atoms with E-state index in [-0.39, 0.29) is 17.9 Å². The van der Waals surface area contributed by atoms with Crippen LogP contribution < -0.4 is 5.32 Å². The molecule has 2 heterocycles. The highest BCUT2D eigenvalue weighted by Gasteiger charge is 2.22. The topological polar surface area (TPSA) is 62.3 Å². The Bertz CT molecular complexity index is 405. The molecule has 1 aliphatic rings. The highest BCUT2D eigenvalue weighted by Crippen LogP contribution is 2.10. The van der Waals surface area contributed by atoms with E-state index in [1.54, 1.807) is 15.8 Å². The van der Waals surface area contributed by atoms with Crippen molar-refractivity contribution in [3.05, 3.63) is 16.6 Å². The summed E-state index contributed by atoms with van der Waals surface area (Å²) in [6, 6.07) is -0.0498. The zero-order valence-corrected chi connectivity index (χ0v) is 10.5. The molecule has 1 unspecified atom stereocenters. The normalized spacial score (nSPS) is 17.2. The molecule has 0 aliphatic carbocycles. The van der Waals surface area contributed by atoms with Gasteiger partial charge in [0.15, 0.2) is 0 Å². The molecule has 5 nitrogen and oxygen atoms in total. The molecule has 17 heavy (non-hydrogen) atoms. The summed E-state index contributed by atoms with van der Waals surface area (Å²) in [4.78, 5) is 28.9. The van der Waals surface area contributed by atoms with Crippen molar-refractivity contribution < 1.29 is 9.59 Å². The van der Waals surface area contributed by atoms with Crippen LogP contribution in [0.15, 0.2) is 10.9 Å². The minimum atomic E-state index is -0.176. The van der Waals surface area contributed by atoms with Crippen molar-refractivity contribution in [3.8, 4) is 0 Å². The summed E-state index contributed by atoms with van der Waals surface area (Å²) in [6.45, 7) is 3.28. The lowest BCUT2D eigenvalue weighted by molar-refractivity contribution is -0.127. The van der Waals surface area contributed by atoms with Crippen LogP contribution in [-0.2, 0) is 4.79 Å². The molecule has 0 spiro atoms. The zero-order chi connectivity index (χ0) is 12.3. The number of amides is 2. The van der Waals surface area contributed by atoms with Gasteiger partial charge < -0.3 is 10.2 Å². The number of hydrogen-bond donors (Lipinski definition) is 1. The Morgan fingerprint density at radius 1 is 1.71 bits per heavy atom. The van der Waals surface area contributed by atoms with E-state index in [1.807, 2.05) is 6.92 Å². The van der Waals surface area contributed by atoms with Crippen molar-refractivity contribution in [1.82, 2.24) is 15.2 Å². The summed E-state index contributed by atoms with van der Waals surface area (Å²) < 4.78 is 0. The van der Waals surface area contributed by atoms with E-state index in [0.29, 0.717) is 18.7 Å². The maximum atomic E-state index is 11.7. The van der Waals surface area contributed by atoms with E-state index in [4.69, 9.17) is 0 Å². The summed E-state index contributed by atoms with van der Waals surface area (Å²) in [5.41, 5.74) is 2.07.